The average molecular weight is 460 g/mol. The summed E-state index contributed by atoms with van der Waals surface area (Å²) < 4.78 is 5.70. The lowest BCUT2D eigenvalue weighted by molar-refractivity contribution is 0.151. The number of nitrogens with zero attached hydrogens (tertiary/aromatic N) is 3. The van der Waals surface area contributed by atoms with E-state index in [0.29, 0.717) is 5.41 Å². The molecule has 1 aromatic rings. The number of halogens is 1. The molecule has 1 N–H and O–H groups in total. The van der Waals surface area contributed by atoms with Crippen LogP contribution in [-0.4, -0.2) is 55.5 Å². The zero-order chi connectivity index (χ0) is 17.0. The SMILES string of the molecule is CCN(CC)C(CNC(=NC)N1CCC2(CCC2)C1)c1ccco1.I. The van der Waals surface area contributed by atoms with Gasteiger partial charge in [-0.25, -0.2) is 0 Å². The van der Waals surface area contributed by atoms with E-state index in [4.69, 9.17) is 4.42 Å². The van der Waals surface area contributed by atoms with E-state index in [1.54, 1.807) is 6.26 Å². The molecule has 1 spiro atoms. The van der Waals surface area contributed by atoms with Gasteiger partial charge in [-0.1, -0.05) is 20.3 Å². The topological polar surface area (TPSA) is 44.0 Å². The molecule has 1 aliphatic heterocycles. The molecule has 1 atom stereocenters. The molecule has 5 nitrogen and oxygen atoms in total. The minimum Gasteiger partial charge on any atom is -0.468 e. The molecule has 0 amide bonds. The zero-order valence-electron chi connectivity index (χ0n) is 15.8. The Morgan fingerprint density at radius 1 is 1.36 bits per heavy atom. The lowest BCUT2D eigenvalue weighted by Crippen LogP contribution is -2.45. The number of likely N-dealkylation sites (N-methyl/N-ethyl adjacent to an activating group) is 1. The van der Waals surface area contributed by atoms with Crippen molar-refractivity contribution in [2.45, 2.75) is 45.6 Å². The smallest absolute Gasteiger partial charge is 0.193 e. The van der Waals surface area contributed by atoms with Crippen LogP contribution in [0.4, 0.5) is 0 Å². The summed E-state index contributed by atoms with van der Waals surface area (Å²) in [7, 11) is 1.90. The molecule has 1 aromatic heterocycles. The first-order valence-electron chi connectivity index (χ1n) is 9.44. The molecule has 2 aliphatic rings. The number of furan rings is 1. The van der Waals surface area contributed by atoms with Crippen molar-refractivity contribution in [3.05, 3.63) is 24.2 Å². The van der Waals surface area contributed by atoms with Crippen molar-refractivity contribution < 1.29 is 4.42 Å². The highest BCUT2D eigenvalue weighted by atomic mass is 127. The fourth-order valence-electron chi connectivity index (χ4n) is 4.28. The molecule has 25 heavy (non-hydrogen) atoms. The number of likely N-dealkylation sites (tertiary alicyclic amines) is 1. The third kappa shape index (κ3) is 4.51. The Morgan fingerprint density at radius 2 is 2.12 bits per heavy atom. The summed E-state index contributed by atoms with van der Waals surface area (Å²) in [6.45, 7) is 9.55. The van der Waals surface area contributed by atoms with E-state index < -0.39 is 0 Å². The van der Waals surface area contributed by atoms with Crippen LogP contribution in [0, 0.1) is 5.41 Å². The maximum atomic E-state index is 5.70. The molecule has 0 aromatic carbocycles. The normalized spacial score (nSPS) is 20.5. The zero-order valence-corrected chi connectivity index (χ0v) is 18.2. The second kappa shape index (κ2) is 9.26. The molecule has 1 unspecified atom stereocenters. The van der Waals surface area contributed by atoms with Crippen LogP contribution in [0.15, 0.2) is 27.8 Å². The van der Waals surface area contributed by atoms with E-state index >= 15 is 0 Å². The highest BCUT2D eigenvalue weighted by Gasteiger charge is 2.43. The summed E-state index contributed by atoms with van der Waals surface area (Å²) in [6.07, 6.45) is 7.29. The van der Waals surface area contributed by atoms with E-state index in [1.165, 1.54) is 32.2 Å². The summed E-state index contributed by atoms with van der Waals surface area (Å²) >= 11 is 0. The van der Waals surface area contributed by atoms with Gasteiger partial charge in [0.2, 0.25) is 0 Å². The summed E-state index contributed by atoms with van der Waals surface area (Å²) in [5, 5.41) is 3.61. The summed E-state index contributed by atoms with van der Waals surface area (Å²) in [4.78, 5) is 9.41. The Kier molecular flexibility index (Phi) is 7.61. The van der Waals surface area contributed by atoms with Crippen molar-refractivity contribution in [1.29, 1.82) is 0 Å². The van der Waals surface area contributed by atoms with Crippen LogP contribution in [0.3, 0.4) is 0 Å². The summed E-state index contributed by atoms with van der Waals surface area (Å²) in [6, 6.07) is 4.29. The minimum atomic E-state index is 0. The monoisotopic (exact) mass is 460 g/mol. The maximum absolute atomic E-state index is 5.70. The molecule has 2 heterocycles. The third-order valence-electron chi connectivity index (χ3n) is 5.94. The first kappa shape index (κ1) is 20.6. The van der Waals surface area contributed by atoms with Gasteiger partial charge >= 0.3 is 0 Å². The van der Waals surface area contributed by atoms with E-state index in [0.717, 1.165) is 37.9 Å². The predicted molar refractivity (Wildman–Crippen MR) is 114 cm³/mol. The molecule has 2 fully saturated rings. The van der Waals surface area contributed by atoms with Gasteiger partial charge < -0.3 is 14.6 Å². The van der Waals surface area contributed by atoms with Crippen LogP contribution < -0.4 is 5.32 Å². The molecule has 1 aliphatic carbocycles. The van der Waals surface area contributed by atoms with Gasteiger partial charge in [-0.15, -0.1) is 24.0 Å². The van der Waals surface area contributed by atoms with Gasteiger partial charge in [0.15, 0.2) is 5.96 Å². The van der Waals surface area contributed by atoms with Crippen molar-refractivity contribution >= 4 is 29.9 Å². The Morgan fingerprint density at radius 3 is 2.60 bits per heavy atom. The van der Waals surface area contributed by atoms with Crippen LogP contribution in [0.5, 0.6) is 0 Å². The fourth-order valence-corrected chi connectivity index (χ4v) is 4.28. The second-order valence-corrected chi connectivity index (χ2v) is 7.21. The number of rotatable bonds is 6. The van der Waals surface area contributed by atoms with Crippen molar-refractivity contribution in [2.75, 3.05) is 39.8 Å². The first-order chi connectivity index (χ1) is 11.7. The number of nitrogens with one attached hydrogen (secondary N) is 1. The van der Waals surface area contributed by atoms with E-state index in [-0.39, 0.29) is 30.0 Å². The number of hydrogen-bond acceptors (Lipinski definition) is 3. The standard InChI is InChI=1S/C19H32N4O.HI/c1-4-22(5-2)16(17-8-6-13-24-17)14-21-18(20-3)23-12-11-19(15-23)9-7-10-19;/h6,8,13,16H,4-5,7,9-12,14-15H2,1-3H3,(H,20,21);1H. The quantitative estimate of drug-likeness (QED) is 0.399. The van der Waals surface area contributed by atoms with Crippen molar-refractivity contribution in [1.82, 2.24) is 15.1 Å². The Balaban J connectivity index is 0.00000225. The maximum Gasteiger partial charge on any atom is 0.193 e. The molecule has 0 bridgehead atoms. The summed E-state index contributed by atoms with van der Waals surface area (Å²) in [5.41, 5.74) is 0.594. The van der Waals surface area contributed by atoms with Crippen LogP contribution in [0.1, 0.15) is 51.3 Å². The van der Waals surface area contributed by atoms with Crippen molar-refractivity contribution in [2.24, 2.45) is 10.4 Å². The molecule has 0 radical (unpaired) electrons. The second-order valence-electron chi connectivity index (χ2n) is 7.21. The molecular weight excluding hydrogens is 427 g/mol. The molecule has 142 valence electrons. The van der Waals surface area contributed by atoms with Gasteiger partial charge in [0.1, 0.15) is 5.76 Å². The van der Waals surface area contributed by atoms with Crippen LogP contribution >= 0.6 is 24.0 Å². The molecule has 6 heteroatoms. The number of guanidine groups is 1. The highest BCUT2D eigenvalue weighted by molar-refractivity contribution is 14.0. The van der Waals surface area contributed by atoms with Crippen LogP contribution in [0.25, 0.3) is 0 Å². The van der Waals surface area contributed by atoms with Gasteiger partial charge in [0, 0.05) is 26.7 Å². The number of hydrogen-bond donors (Lipinski definition) is 1. The van der Waals surface area contributed by atoms with Crippen molar-refractivity contribution in [3.63, 3.8) is 0 Å². The Labute approximate surface area is 169 Å². The Hall–Kier alpha value is -0.760. The predicted octanol–water partition coefficient (Wildman–Crippen LogP) is 3.73. The van der Waals surface area contributed by atoms with Crippen LogP contribution in [0.2, 0.25) is 0 Å². The minimum absolute atomic E-state index is 0. The molecule has 1 saturated heterocycles. The van der Waals surface area contributed by atoms with Crippen molar-refractivity contribution in [3.8, 4) is 0 Å². The summed E-state index contributed by atoms with van der Waals surface area (Å²) in [5.74, 6) is 2.07. The largest absolute Gasteiger partial charge is 0.468 e. The van der Waals surface area contributed by atoms with Gasteiger partial charge in [-0.05, 0) is 49.9 Å². The molecular formula is C19H33IN4O. The van der Waals surface area contributed by atoms with Crippen LogP contribution in [-0.2, 0) is 0 Å². The number of aliphatic imine (C=N–C) groups is 1. The van der Waals surface area contributed by atoms with E-state index in [2.05, 4.69) is 40.0 Å². The average Bonchev–Trinajstić information content (AvgIpc) is 3.24. The van der Waals surface area contributed by atoms with Gasteiger partial charge in [-0.2, -0.15) is 0 Å². The van der Waals surface area contributed by atoms with Gasteiger partial charge in [0.05, 0.1) is 12.3 Å². The first-order valence-corrected chi connectivity index (χ1v) is 9.44. The molecule has 1 saturated carbocycles. The Bertz CT molecular complexity index is 538. The molecule has 3 rings (SSSR count). The van der Waals surface area contributed by atoms with Gasteiger partial charge in [0.25, 0.3) is 0 Å². The van der Waals surface area contributed by atoms with E-state index in [1.807, 2.05) is 13.1 Å². The van der Waals surface area contributed by atoms with E-state index in [9.17, 15) is 0 Å². The fraction of sp³-hybridized carbons (Fsp3) is 0.737. The lowest BCUT2D eigenvalue weighted by atomic mass is 9.68. The lowest BCUT2D eigenvalue weighted by Gasteiger charge is -2.38. The van der Waals surface area contributed by atoms with Gasteiger partial charge in [-0.3, -0.25) is 9.89 Å². The highest BCUT2D eigenvalue weighted by Crippen LogP contribution is 2.47. The third-order valence-corrected chi connectivity index (χ3v) is 5.94.